The first-order valence-corrected chi connectivity index (χ1v) is 6.95. The van der Waals surface area contributed by atoms with Crippen molar-refractivity contribution in [3.63, 3.8) is 0 Å². The van der Waals surface area contributed by atoms with Crippen molar-refractivity contribution < 1.29 is 4.74 Å². The first-order chi connectivity index (χ1) is 9.28. The number of methoxy groups -OCH3 is 1. The highest BCUT2D eigenvalue weighted by Crippen LogP contribution is 2.19. The zero-order chi connectivity index (χ0) is 13.2. The number of nitrogens with zero attached hydrogens (tertiary/aromatic N) is 2. The van der Waals surface area contributed by atoms with Gasteiger partial charge in [0, 0.05) is 17.3 Å². The van der Waals surface area contributed by atoms with Crippen LogP contribution in [0.25, 0.3) is 4.96 Å². The van der Waals surface area contributed by atoms with Crippen LogP contribution in [0.15, 0.2) is 35.8 Å². The summed E-state index contributed by atoms with van der Waals surface area (Å²) in [5.74, 6) is 0.867. The van der Waals surface area contributed by atoms with Crippen LogP contribution in [-0.2, 0) is 6.54 Å². The fourth-order valence-electron chi connectivity index (χ4n) is 2.05. The molecule has 0 aliphatic carbocycles. The molecule has 0 unspecified atom stereocenters. The maximum absolute atomic E-state index is 5.15. The molecule has 3 rings (SSSR count). The van der Waals surface area contributed by atoms with E-state index >= 15 is 0 Å². The Morgan fingerprint density at radius 3 is 2.84 bits per heavy atom. The highest BCUT2D eigenvalue weighted by Gasteiger charge is 2.08. The van der Waals surface area contributed by atoms with Crippen LogP contribution in [0, 0.1) is 6.92 Å². The van der Waals surface area contributed by atoms with Crippen molar-refractivity contribution in [1.29, 1.82) is 0 Å². The summed E-state index contributed by atoms with van der Waals surface area (Å²) in [6.07, 6.45) is 2.06. The number of aryl methyl sites for hydroxylation is 1. The van der Waals surface area contributed by atoms with Gasteiger partial charge in [0.1, 0.15) is 5.75 Å². The Balaban J connectivity index is 1.77. The second-order valence-electron chi connectivity index (χ2n) is 4.28. The molecule has 0 radical (unpaired) electrons. The van der Waals surface area contributed by atoms with Crippen LogP contribution in [0.3, 0.4) is 0 Å². The van der Waals surface area contributed by atoms with Crippen molar-refractivity contribution in [1.82, 2.24) is 9.38 Å². The van der Waals surface area contributed by atoms with E-state index < -0.39 is 0 Å². The number of fused-ring (bicyclic) bond motifs is 1. The van der Waals surface area contributed by atoms with Crippen LogP contribution < -0.4 is 10.1 Å². The summed E-state index contributed by atoms with van der Waals surface area (Å²) in [5.41, 5.74) is 3.35. The predicted molar refractivity (Wildman–Crippen MR) is 78.1 cm³/mol. The third kappa shape index (κ3) is 2.29. The van der Waals surface area contributed by atoms with Gasteiger partial charge in [0.25, 0.3) is 0 Å². The van der Waals surface area contributed by atoms with Gasteiger partial charge in [-0.3, -0.25) is 4.40 Å². The molecule has 0 bridgehead atoms. The number of aromatic nitrogens is 2. The monoisotopic (exact) mass is 273 g/mol. The second-order valence-corrected chi connectivity index (χ2v) is 5.15. The van der Waals surface area contributed by atoms with Gasteiger partial charge < -0.3 is 10.1 Å². The van der Waals surface area contributed by atoms with Crippen molar-refractivity contribution in [3.8, 4) is 5.75 Å². The Morgan fingerprint density at radius 1 is 1.32 bits per heavy atom. The van der Waals surface area contributed by atoms with Crippen LogP contribution in [0.5, 0.6) is 5.75 Å². The van der Waals surface area contributed by atoms with Crippen LogP contribution in [0.4, 0.5) is 5.69 Å². The van der Waals surface area contributed by atoms with Gasteiger partial charge in [-0.05, 0) is 31.2 Å². The second kappa shape index (κ2) is 4.93. The molecule has 0 fully saturated rings. The van der Waals surface area contributed by atoms with E-state index in [-0.39, 0.29) is 0 Å². The zero-order valence-corrected chi connectivity index (χ0v) is 11.7. The summed E-state index contributed by atoms with van der Waals surface area (Å²) >= 11 is 1.66. The first kappa shape index (κ1) is 12.0. The molecule has 4 nitrogen and oxygen atoms in total. The molecule has 0 saturated carbocycles. The number of ether oxygens (including phenoxy) is 1. The van der Waals surface area contributed by atoms with Gasteiger partial charge >= 0.3 is 0 Å². The number of benzene rings is 1. The molecular weight excluding hydrogens is 258 g/mol. The molecule has 5 heteroatoms. The van der Waals surface area contributed by atoms with Gasteiger partial charge in [0.2, 0.25) is 0 Å². The van der Waals surface area contributed by atoms with E-state index in [9.17, 15) is 0 Å². The third-order valence-electron chi connectivity index (χ3n) is 3.11. The van der Waals surface area contributed by atoms with Crippen LogP contribution in [-0.4, -0.2) is 16.5 Å². The molecule has 0 aliphatic rings. The Labute approximate surface area is 115 Å². The normalized spacial score (nSPS) is 10.8. The van der Waals surface area contributed by atoms with Crippen LogP contribution >= 0.6 is 11.3 Å². The minimum Gasteiger partial charge on any atom is -0.497 e. The van der Waals surface area contributed by atoms with E-state index in [1.807, 2.05) is 31.2 Å². The lowest BCUT2D eigenvalue weighted by Gasteiger charge is -2.07. The highest BCUT2D eigenvalue weighted by atomic mass is 32.1. The van der Waals surface area contributed by atoms with Crippen LogP contribution in [0.1, 0.15) is 11.4 Å². The maximum atomic E-state index is 5.15. The molecular formula is C14H15N3OS. The summed E-state index contributed by atoms with van der Waals surface area (Å²) in [6.45, 7) is 2.81. The average molecular weight is 273 g/mol. The SMILES string of the molecule is COc1ccc(NCc2c(C)nc3sccn23)cc1. The number of nitrogens with one attached hydrogen (secondary N) is 1. The molecule has 98 valence electrons. The molecule has 2 heterocycles. The molecule has 19 heavy (non-hydrogen) atoms. The third-order valence-corrected chi connectivity index (χ3v) is 3.87. The zero-order valence-electron chi connectivity index (χ0n) is 10.9. The fraction of sp³-hybridized carbons (Fsp3) is 0.214. The van der Waals surface area contributed by atoms with E-state index in [4.69, 9.17) is 4.74 Å². The molecule has 2 aromatic heterocycles. The predicted octanol–water partition coefficient (Wildman–Crippen LogP) is 3.32. The molecule has 0 amide bonds. The molecule has 3 aromatic rings. The van der Waals surface area contributed by atoms with Crippen molar-refractivity contribution in [2.45, 2.75) is 13.5 Å². The highest BCUT2D eigenvalue weighted by molar-refractivity contribution is 7.15. The Hall–Kier alpha value is -2.01. The number of imidazole rings is 1. The van der Waals surface area contributed by atoms with E-state index in [2.05, 4.69) is 26.3 Å². The van der Waals surface area contributed by atoms with Crippen molar-refractivity contribution in [2.75, 3.05) is 12.4 Å². The molecule has 0 atom stereocenters. The number of hydrogen-bond acceptors (Lipinski definition) is 4. The lowest BCUT2D eigenvalue weighted by Crippen LogP contribution is -2.03. The van der Waals surface area contributed by atoms with Gasteiger partial charge in [-0.25, -0.2) is 4.98 Å². The smallest absolute Gasteiger partial charge is 0.194 e. The van der Waals surface area contributed by atoms with Crippen molar-refractivity contribution in [3.05, 3.63) is 47.2 Å². The summed E-state index contributed by atoms with van der Waals surface area (Å²) in [4.78, 5) is 5.58. The summed E-state index contributed by atoms with van der Waals surface area (Å²) in [5, 5.41) is 5.46. The number of hydrogen-bond donors (Lipinski definition) is 1. The molecule has 1 N–H and O–H groups in total. The minimum absolute atomic E-state index is 0.760. The van der Waals surface area contributed by atoms with Crippen LogP contribution in [0.2, 0.25) is 0 Å². The molecule has 0 saturated heterocycles. The topological polar surface area (TPSA) is 38.6 Å². The van der Waals surface area contributed by atoms with Gasteiger partial charge in [-0.15, -0.1) is 11.3 Å². The van der Waals surface area contributed by atoms with E-state index in [1.165, 1.54) is 5.69 Å². The average Bonchev–Trinajstić information content (AvgIpc) is 2.98. The molecule has 0 aliphatic heterocycles. The minimum atomic E-state index is 0.760. The van der Waals surface area contributed by atoms with E-state index in [1.54, 1.807) is 18.4 Å². The van der Waals surface area contributed by atoms with Gasteiger partial charge in [0.05, 0.1) is 25.0 Å². The Bertz CT molecular complexity index is 684. The number of rotatable bonds is 4. The lowest BCUT2D eigenvalue weighted by molar-refractivity contribution is 0.415. The van der Waals surface area contributed by atoms with E-state index in [0.29, 0.717) is 0 Å². The number of thiazole rings is 1. The summed E-state index contributed by atoms with van der Waals surface area (Å²) < 4.78 is 7.28. The maximum Gasteiger partial charge on any atom is 0.194 e. The van der Waals surface area contributed by atoms with E-state index in [0.717, 1.165) is 28.6 Å². The number of anilines is 1. The quantitative estimate of drug-likeness (QED) is 0.792. The van der Waals surface area contributed by atoms with Gasteiger partial charge in [-0.2, -0.15) is 0 Å². The molecule has 0 spiro atoms. The summed E-state index contributed by atoms with van der Waals surface area (Å²) in [6, 6.07) is 7.93. The van der Waals surface area contributed by atoms with Gasteiger partial charge in [0.15, 0.2) is 4.96 Å². The standard InChI is InChI=1S/C14H15N3OS/c1-10-13(17-7-8-19-14(17)16-10)9-15-11-3-5-12(18-2)6-4-11/h3-8,15H,9H2,1-2H3. The van der Waals surface area contributed by atoms with Crippen molar-refractivity contribution in [2.24, 2.45) is 0 Å². The first-order valence-electron chi connectivity index (χ1n) is 6.07. The largest absolute Gasteiger partial charge is 0.497 e. The van der Waals surface area contributed by atoms with Gasteiger partial charge in [-0.1, -0.05) is 0 Å². The Morgan fingerprint density at radius 2 is 2.11 bits per heavy atom. The summed E-state index contributed by atoms with van der Waals surface area (Å²) in [7, 11) is 1.67. The fourth-order valence-corrected chi connectivity index (χ4v) is 2.83. The molecule has 1 aromatic carbocycles. The van der Waals surface area contributed by atoms with Crippen molar-refractivity contribution >= 4 is 22.0 Å². The lowest BCUT2D eigenvalue weighted by atomic mass is 10.3. The Kier molecular flexibility index (Phi) is 3.13.